The van der Waals surface area contributed by atoms with Gasteiger partial charge in [-0.1, -0.05) is 12.1 Å². The van der Waals surface area contributed by atoms with E-state index in [0.717, 1.165) is 39.4 Å². The third-order valence-corrected chi connectivity index (χ3v) is 5.51. The molecule has 0 aliphatic carbocycles. The number of morpholine rings is 1. The molecule has 2 fully saturated rings. The third kappa shape index (κ3) is 4.75. The van der Waals surface area contributed by atoms with E-state index in [1.165, 1.54) is 0 Å². The number of β-amino-alcohol motifs (C(OH)–C–C–N with tert-alkyl or cyclic N) is 1. The first-order valence-corrected chi connectivity index (χ1v) is 10.1. The fourth-order valence-electron chi connectivity index (χ4n) is 3.93. The molecule has 8 nitrogen and oxygen atoms in total. The maximum absolute atomic E-state index is 12.8. The number of hydrogen-bond donors (Lipinski definition) is 1. The molecule has 0 aromatic heterocycles. The first-order valence-electron chi connectivity index (χ1n) is 10.1. The molecule has 0 saturated carbocycles. The number of aliphatic hydroxyl groups is 1. The van der Waals surface area contributed by atoms with E-state index >= 15 is 0 Å². The van der Waals surface area contributed by atoms with Crippen molar-refractivity contribution in [2.45, 2.75) is 12.2 Å². The lowest BCUT2D eigenvalue weighted by Gasteiger charge is -2.38. The van der Waals surface area contributed by atoms with Gasteiger partial charge in [-0.05, 0) is 12.1 Å². The quantitative estimate of drug-likeness (QED) is 0.736. The molecule has 0 unspecified atom stereocenters. The molecule has 4 rings (SSSR count). The van der Waals surface area contributed by atoms with Gasteiger partial charge in [-0.3, -0.25) is 14.6 Å². The molecule has 0 bridgehead atoms. The van der Waals surface area contributed by atoms with Crippen LogP contribution in [0, 0.1) is 0 Å². The largest absolute Gasteiger partial charge is 0.485 e. The number of carbonyl (C=O) groups is 1. The van der Waals surface area contributed by atoms with Gasteiger partial charge >= 0.3 is 0 Å². The number of ether oxygens (including phenoxy) is 3. The summed E-state index contributed by atoms with van der Waals surface area (Å²) in [5.74, 6) is 1.28. The minimum Gasteiger partial charge on any atom is -0.485 e. The molecular formula is C20H29N3O5. The van der Waals surface area contributed by atoms with E-state index in [1.54, 1.807) is 0 Å². The van der Waals surface area contributed by atoms with Gasteiger partial charge in [0.1, 0.15) is 6.61 Å². The van der Waals surface area contributed by atoms with Crippen molar-refractivity contribution in [2.75, 3.05) is 72.2 Å². The summed E-state index contributed by atoms with van der Waals surface area (Å²) in [6.07, 6.45) is -0.972. The zero-order valence-corrected chi connectivity index (χ0v) is 16.2. The highest BCUT2D eigenvalue weighted by molar-refractivity contribution is 5.82. The highest BCUT2D eigenvalue weighted by atomic mass is 16.6. The Labute approximate surface area is 165 Å². The van der Waals surface area contributed by atoms with Crippen molar-refractivity contribution in [1.29, 1.82) is 0 Å². The van der Waals surface area contributed by atoms with Crippen molar-refractivity contribution < 1.29 is 24.1 Å². The van der Waals surface area contributed by atoms with Gasteiger partial charge in [0.25, 0.3) is 5.91 Å². The van der Waals surface area contributed by atoms with Gasteiger partial charge < -0.3 is 24.2 Å². The number of rotatable bonds is 5. The van der Waals surface area contributed by atoms with E-state index in [2.05, 4.69) is 9.80 Å². The average Bonchev–Trinajstić information content (AvgIpc) is 2.74. The topological polar surface area (TPSA) is 74.7 Å². The van der Waals surface area contributed by atoms with Crippen LogP contribution < -0.4 is 9.47 Å². The van der Waals surface area contributed by atoms with Gasteiger partial charge in [0, 0.05) is 52.4 Å². The molecule has 3 heterocycles. The van der Waals surface area contributed by atoms with Gasteiger partial charge in [-0.15, -0.1) is 0 Å². The molecule has 1 aromatic carbocycles. The number of hydrogen-bond acceptors (Lipinski definition) is 7. The highest BCUT2D eigenvalue weighted by Gasteiger charge is 2.33. The Bertz CT molecular complexity index is 659. The number of benzene rings is 1. The molecule has 3 aliphatic rings. The van der Waals surface area contributed by atoms with Crippen LogP contribution >= 0.6 is 0 Å². The maximum atomic E-state index is 12.8. The average molecular weight is 391 g/mol. The Hall–Kier alpha value is -1.87. The van der Waals surface area contributed by atoms with Crippen LogP contribution in [0.4, 0.5) is 0 Å². The van der Waals surface area contributed by atoms with Crippen LogP contribution in [0.5, 0.6) is 11.5 Å². The Morgan fingerprint density at radius 1 is 1.00 bits per heavy atom. The van der Waals surface area contributed by atoms with Crippen LogP contribution in [-0.4, -0.2) is 110 Å². The molecule has 2 saturated heterocycles. The minimum absolute atomic E-state index is 0.0250. The second kappa shape index (κ2) is 9.09. The van der Waals surface area contributed by atoms with Crippen LogP contribution in [0.1, 0.15) is 0 Å². The van der Waals surface area contributed by atoms with Crippen molar-refractivity contribution >= 4 is 5.91 Å². The fraction of sp³-hybridized carbons (Fsp3) is 0.650. The molecule has 2 atom stereocenters. The number of nitrogens with zero attached hydrogens (tertiary/aromatic N) is 3. The van der Waals surface area contributed by atoms with Crippen molar-refractivity contribution in [3.05, 3.63) is 24.3 Å². The lowest BCUT2D eigenvalue weighted by molar-refractivity contribution is -0.143. The maximum Gasteiger partial charge on any atom is 0.267 e. The molecule has 8 heteroatoms. The second-order valence-corrected chi connectivity index (χ2v) is 7.56. The van der Waals surface area contributed by atoms with Crippen molar-refractivity contribution in [3.63, 3.8) is 0 Å². The monoisotopic (exact) mass is 391 g/mol. The van der Waals surface area contributed by atoms with Crippen LogP contribution in [0.15, 0.2) is 24.3 Å². The summed E-state index contributed by atoms with van der Waals surface area (Å²) >= 11 is 0. The van der Waals surface area contributed by atoms with Gasteiger partial charge in [0.15, 0.2) is 11.5 Å². The van der Waals surface area contributed by atoms with E-state index in [-0.39, 0.29) is 18.6 Å². The van der Waals surface area contributed by atoms with E-state index in [1.807, 2.05) is 29.2 Å². The predicted octanol–water partition coefficient (Wildman–Crippen LogP) is -0.336. The number of carbonyl (C=O) groups excluding carboxylic acids is 1. The molecule has 1 N–H and O–H groups in total. The lowest BCUT2D eigenvalue weighted by Crippen LogP contribution is -2.55. The summed E-state index contributed by atoms with van der Waals surface area (Å²) in [6.45, 7) is 7.61. The van der Waals surface area contributed by atoms with Gasteiger partial charge in [-0.2, -0.15) is 0 Å². The number of aliphatic hydroxyl groups excluding tert-OH is 1. The normalized spacial score (nSPS) is 24.8. The zero-order valence-electron chi connectivity index (χ0n) is 16.2. The van der Waals surface area contributed by atoms with Crippen molar-refractivity contribution in [2.24, 2.45) is 0 Å². The van der Waals surface area contributed by atoms with Crippen LogP contribution in [-0.2, 0) is 9.53 Å². The number of fused-ring (bicyclic) bond motifs is 1. The van der Waals surface area contributed by atoms with Crippen molar-refractivity contribution in [1.82, 2.24) is 14.7 Å². The summed E-state index contributed by atoms with van der Waals surface area (Å²) in [4.78, 5) is 19.1. The third-order valence-electron chi connectivity index (χ3n) is 5.51. The first-order chi connectivity index (χ1) is 13.7. The standard InChI is InChI=1S/C20H29N3O5/c24-16(14-22-9-11-26-12-10-22)13-21-5-7-23(8-6-21)20(25)19-15-27-17-3-1-2-4-18(17)28-19/h1-4,16,19,24H,5-15H2/t16-,19-/m0/s1. The molecular weight excluding hydrogens is 362 g/mol. The van der Waals surface area contributed by atoms with E-state index in [4.69, 9.17) is 14.2 Å². The SMILES string of the molecule is O=C([C@@H]1COc2ccccc2O1)N1CCN(C[C@H](O)CN2CCOCC2)CC1. The van der Waals surface area contributed by atoms with E-state index in [0.29, 0.717) is 37.7 Å². The molecule has 1 aromatic rings. The molecule has 154 valence electrons. The summed E-state index contributed by atoms with van der Waals surface area (Å²) in [5, 5.41) is 10.4. The first kappa shape index (κ1) is 19.4. The fourth-order valence-corrected chi connectivity index (χ4v) is 3.93. The van der Waals surface area contributed by atoms with Crippen LogP contribution in [0.3, 0.4) is 0 Å². The summed E-state index contributed by atoms with van der Waals surface area (Å²) in [6, 6.07) is 7.42. The number of piperazine rings is 1. The molecule has 0 radical (unpaired) electrons. The smallest absolute Gasteiger partial charge is 0.267 e. The highest BCUT2D eigenvalue weighted by Crippen LogP contribution is 2.31. The lowest BCUT2D eigenvalue weighted by atomic mass is 10.2. The molecule has 3 aliphatic heterocycles. The molecule has 1 amide bonds. The Balaban J connectivity index is 1.21. The second-order valence-electron chi connectivity index (χ2n) is 7.56. The Morgan fingerprint density at radius 2 is 1.64 bits per heavy atom. The Kier molecular flexibility index (Phi) is 6.31. The summed E-state index contributed by atoms with van der Waals surface area (Å²) < 4.78 is 16.8. The molecule has 28 heavy (non-hydrogen) atoms. The van der Waals surface area contributed by atoms with Gasteiger partial charge in [-0.25, -0.2) is 0 Å². The number of amides is 1. The van der Waals surface area contributed by atoms with Crippen LogP contribution in [0.25, 0.3) is 0 Å². The molecule has 0 spiro atoms. The summed E-state index contributed by atoms with van der Waals surface area (Å²) in [7, 11) is 0. The Morgan fingerprint density at radius 3 is 2.36 bits per heavy atom. The predicted molar refractivity (Wildman–Crippen MR) is 103 cm³/mol. The van der Waals surface area contributed by atoms with Crippen LogP contribution in [0.2, 0.25) is 0 Å². The van der Waals surface area contributed by atoms with Gasteiger partial charge in [0.2, 0.25) is 6.10 Å². The minimum atomic E-state index is -0.589. The van der Waals surface area contributed by atoms with Crippen molar-refractivity contribution in [3.8, 4) is 11.5 Å². The van der Waals surface area contributed by atoms with E-state index < -0.39 is 6.10 Å². The summed E-state index contributed by atoms with van der Waals surface area (Å²) in [5.41, 5.74) is 0. The zero-order chi connectivity index (χ0) is 19.3. The number of para-hydroxylation sites is 2. The van der Waals surface area contributed by atoms with Gasteiger partial charge in [0.05, 0.1) is 19.3 Å². The van der Waals surface area contributed by atoms with E-state index in [9.17, 15) is 9.90 Å².